The molecule has 0 saturated carbocycles. The van der Waals surface area contributed by atoms with Crippen LogP contribution in [0.4, 0.5) is 0 Å². The summed E-state index contributed by atoms with van der Waals surface area (Å²) in [5.41, 5.74) is -0.345. The lowest BCUT2D eigenvalue weighted by molar-refractivity contribution is -0.303. The molecule has 0 aromatic carbocycles. The highest BCUT2D eigenvalue weighted by atomic mass is 16.7. The maximum atomic E-state index is 11.4. The van der Waals surface area contributed by atoms with Gasteiger partial charge in [0.05, 0.1) is 50.2 Å². The van der Waals surface area contributed by atoms with Crippen molar-refractivity contribution < 1.29 is 44.8 Å². The molecule has 2 rings (SSSR count). The van der Waals surface area contributed by atoms with Gasteiger partial charge in [0.2, 0.25) is 0 Å². The number of aliphatic hydroxyl groups excluding tert-OH is 6. The fraction of sp³-hybridized carbons (Fsp3) is 1.00. The average molecular weight is 676 g/mol. The summed E-state index contributed by atoms with van der Waals surface area (Å²) in [6, 6.07) is -0.687. The average Bonchev–Trinajstić information content (AvgIpc) is 3.05. The molecule has 7 N–H and O–H groups in total. The minimum Gasteiger partial charge on any atom is -0.394 e. The van der Waals surface area contributed by atoms with E-state index in [2.05, 4.69) is 19.2 Å². The fourth-order valence-electron chi connectivity index (χ4n) is 6.90. The number of unbranched alkanes of at least 4 members (excludes halogenated alkanes) is 18. The van der Waals surface area contributed by atoms with Crippen molar-refractivity contribution in [3.63, 3.8) is 0 Å². The van der Waals surface area contributed by atoms with Crippen molar-refractivity contribution in [2.45, 2.75) is 210 Å². The summed E-state index contributed by atoms with van der Waals surface area (Å²) < 4.78 is 17.0. The Labute approximate surface area is 286 Å². The predicted molar refractivity (Wildman–Crippen MR) is 185 cm³/mol. The maximum absolute atomic E-state index is 11.4. The van der Waals surface area contributed by atoms with E-state index in [1.807, 2.05) is 0 Å². The van der Waals surface area contributed by atoms with Gasteiger partial charge in [0.15, 0.2) is 6.29 Å². The van der Waals surface area contributed by atoms with Gasteiger partial charge < -0.3 is 44.8 Å². The van der Waals surface area contributed by atoms with Crippen molar-refractivity contribution in [2.75, 3.05) is 26.4 Å². The van der Waals surface area contributed by atoms with Crippen LogP contribution in [-0.4, -0.2) is 112 Å². The molecule has 0 aromatic rings. The molecule has 2 aliphatic rings. The minimum atomic E-state index is -1.55. The van der Waals surface area contributed by atoms with Crippen LogP contribution >= 0.6 is 0 Å². The van der Waals surface area contributed by atoms with E-state index in [9.17, 15) is 30.6 Å². The van der Waals surface area contributed by atoms with E-state index in [-0.39, 0.29) is 12.1 Å². The molecular weight excluding hydrogens is 602 g/mol. The lowest BCUT2D eigenvalue weighted by atomic mass is 9.87. The second-order valence-electron chi connectivity index (χ2n) is 14.5. The third-order valence-electron chi connectivity index (χ3n) is 10.2. The molecule has 0 radical (unpaired) electrons. The lowest BCUT2D eigenvalue weighted by Gasteiger charge is -2.46. The van der Waals surface area contributed by atoms with Crippen LogP contribution in [0.2, 0.25) is 0 Å². The molecule has 2 saturated heterocycles. The number of ether oxygens (including phenoxy) is 3. The number of hydrogen-bond donors (Lipinski definition) is 7. The molecule has 47 heavy (non-hydrogen) atoms. The van der Waals surface area contributed by atoms with Crippen molar-refractivity contribution >= 4 is 0 Å². The second kappa shape index (κ2) is 25.5. The van der Waals surface area contributed by atoms with Gasteiger partial charge in [-0.1, -0.05) is 142 Å². The van der Waals surface area contributed by atoms with E-state index < -0.39 is 55.6 Å². The summed E-state index contributed by atoms with van der Waals surface area (Å²) in [6.07, 6.45) is 16.7. The SMILES string of the molecule is CCCCCCCCCCCCCC[C@@H](O)[C@@H](O)[C@H](COC1OC(CO)C(O)C(O)C1O)NC1(CCCCCCCCCC)COC1. The van der Waals surface area contributed by atoms with Gasteiger partial charge in [0.25, 0.3) is 0 Å². The van der Waals surface area contributed by atoms with Gasteiger partial charge in [-0.05, 0) is 12.8 Å². The van der Waals surface area contributed by atoms with Gasteiger partial charge in [-0.2, -0.15) is 0 Å². The van der Waals surface area contributed by atoms with Gasteiger partial charge in [0.1, 0.15) is 24.4 Å². The number of rotatable bonds is 30. The summed E-state index contributed by atoms with van der Waals surface area (Å²) in [7, 11) is 0. The van der Waals surface area contributed by atoms with E-state index in [1.54, 1.807) is 0 Å². The van der Waals surface area contributed by atoms with Crippen molar-refractivity contribution in [1.82, 2.24) is 5.32 Å². The molecule has 2 fully saturated rings. The van der Waals surface area contributed by atoms with Crippen molar-refractivity contribution in [3.8, 4) is 0 Å². The monoisotopic (exact) mass is 676 g/mol. The van der Waals surface area contributed by atoms with E-state index >= 15 is 0 Å². The molecule has 2 aliphatic heterocycles. The lowest BCUT2D eigenvalue weighted by Crippen LogP contribution is -2.67. The molecule has 8 atom stereocenters. The Hall–Kier alpha value is -0.400. The van der Waals surface area contributed by atoms with Crippen LogP contribution in [0.1, 0.15) is 155 Å². The summed E-state index contributed by atoms with van der Waals surface area (Å²) in [5.74, 6) is 0. The van der Waals surface area contributed by atoms with Crippen LogP contribution in [0.25, 0.3) is 0 Å². The van der Waals surface area contributed by atoms with Crippen LogP contribution in [-0.2, 0) is 14.2 Å². The molecule has 0 aliphatic carbocycles. The van der Waals surface area contributed by atoms with E-state index in [4.69, 9.17) is 14.2 Å². The largest absolute Gasteiger partial charge is 0.394 e. The molecule has 2 heterocycles. The van der Waals surface area contributed by atoms with Crippen LogP contribution in [0.15, 0.2) is 0 Å². The zero-order chi connectivity index (χ0) is 34.3. The second-order valence-corrected chi connectivity index (χ2v) is 14.5. The molecular formula is C37H73NO9. The highest BCUT2D eigenvalue weighted by molar-refractivity contribution is 4.99. The zero-order valence-corrected chi connectivity index (χ0v) is 29.9. The summed E-state index contributed by atoms with van der Waals surface area (Å²) in [5, 5.41) is 66.4. The van der Waals surface area contributed by atoms with Crippen molar-refractivity contribution in [2.24, 2.45) is 0 Å². The van der Waals surface area contributed by atoms with Crippen LogP contribution in [0.3, 0.4) is 0 Å². The van der Waals surface area contributed by atoms with E-state index in [1.165, 1.54) is 96.3 Å². The number of aliphatic hydroxyl groups is 6. The highest BCUT2D eigenvalue weighted by Crippen LogP contribution is 2.28. The fourth-order valence-corrected chi connectivity index (χ4v) is 6.90. The molecule has 0 aromatic heterocycles. The van der Waals surface area contributed by atoms with Gasteiger partial charge in [-0.25, -0.2) is 0 Å². The third-order valence-corrected chi connectivity index (χ3v) is 10.2. The minimum absolute atomic E-state index is 0.113. The third kappa shape index (κ3) is 16.4. The molecule has 0 bridgehead atoms. The Morgan fingerprint density at radius 3 is 1.64 bits per heavy atom. The van der Waals surface area contributed by atoms with E-state index in [0.29, 0.717) is 19.6 Å². The zero-order valence-electron chi connectivity index (χ0n) is 29.9. The Bertz CT molecular complexity index is 741. The molecule has 280 valence electrons. The van der Waals surface area contributed by atoms with Gasteiger partial charge in [-0.3, -0.25) is 5.32 Å². The first-order valence-corrected chi connectivity index (χ1v) is 19.4. The maximum Gasteiger partial charge on any atom is 0.186 e. The van der Waals surface area contributed by atoms with Gasteiger partial charge in [-0.15, -0.1) is 0 Å². The van der Waals surface area contributed by atoms with Crippen LogP contribution in [0.5, 0.6) is 0 Å². The van der Waals surface area contributed by atoms with Gasteiger partial charge >= 0.3 is 0 Å². The smallest absolute Gasteiger partial charge is 0.186 e. The Kier molecular flexibility index (Phi) is 23.2. The number of hydrogen-bond acceptors (Lipinski definition) is 10. The topological polar surface area (TPSA) is 161 Å². The summed E-state index contributed by atoms with van der Waals surface area (Å²) in [4.78, 5) is 0. The van der Waals surface area contributed by atoms with Crippen LogP contribution in [0, 0.1) is 0 Å². The first kappa shape index (κ1) is 42.8. The molecule has 0 amide bonds. The van der Waals surface area contributed by atoms with Gasteiger partial charge in [0, 0.05) is 0 Å². The summed E-state index contributed by atoms with van der Waals surface area (Å²) in [6.45, 7) is 4.81. The normalized spacial score (nSPS) is 26.2. The van der Waals surface area contributed by atoms with Crippen LogP contribution < -0.4 is 5.32 Å². The quantitative estimate of drug-likeness (QED) is 0.0523. The van der Waals surface area contributed by atoms with E-state index in [0.717, 1.165) is 38.5 Å². The molecule has 10 heteroatoms. The first-order valence-electron chi connectivity index (χ1n) is 19.4. The standard InChI is InChI=1S/C37H73NO9/c1-3-5-7-9-11-13-14-15-16-17-19-21-23-30(40)32(41)29(26-46-36-35(44)34(43)33(42)31(25-39)47-36)38-37(27-45-28-37)24-22-20-18-12-10-8-6-4-2/h29-36,38-44H,3-28H2,1-2H3/t29-,30+,31?,32-,33?,34?,35?,36?/m0/s1. The van der Waals surface area contributed by atoms with Crippen molar-refractivity contribution in [3.05, 3.63) is 0 Å². The molecule has 5 unspecified atom stereocenters. The predicted octanol–water partition coefficient (Wildman–Crippen LogP) is 4.87. The van der Waals surface area contributed by atoms with Crippen molar-refractivity contribution in [1.29, 1.82) is 0 Å². The molecule has 0 spiro atoms. The Balaban J connectivity index is 1.86. The Morgan fingerprint density at radius 2 is 1.17 bits per heavy atom. The highest BCUT2D eigenvalue weighted by Gasteiger charge is 2.46. The Morgan fingerprint density at radius 1 is 0.681 bits per heavy atom. The first-order chi connectivity index (χ1) is 22.8. The number of nitrogens with one attached hydrogen (secondary N) is 1. The molecule has 10 nitrogen and oxygen atoms in total. The summed E-state index contributed by atoms with van der Waals surface area (Å²) >= 11 is 0.